The molecule has 1 aromatic rings. The summed E-state index contributed by atoms with van der Waals surface area (Å²) in [6, 6.07) is 0. The SMILES string of the molecule is Cn1cnc([N+](=O)[O-])c1S(=O)[O-].[Na+]. The summed E-state index contributed by atoms with van der Waals surface area (Å²) >= 11 is -2.63. The van der Waals surface area contributed by atoms with E-state index in [9.17, 15) is 18.9 Å². The van der Waals surface area contributed by atoms with E-state index in [-0.39, 0.29) is 29.6 Å². The van der Waals surface area contributed by atoms with Gasteiger partial charge in [0.2, 0.25) is 6.33 Å². The molecule has 1 heterocycles. The monoisotopic (exact) mass is 213 g/mol. The summed E-state index contributed by atoms with van der Waals surface area (Å²) in [5, 5.41) is 9.78. The third-order valence-electron chi connectivity index (χ3n) is 1.20. The smallest absolute Gasteiger partial charge is 0.767 e. The number of hydrogen-bond acceptors (Lipinski definition) is 5. The van der Waals surface area contributed by atoms with E-state index in [1.807, 2.05) is 0 Å². The molecule has 1 unspecified atom stereocenters. The molecule has 0 saturated heterocycles. The summed E-state index contributed by atoms with van der Waals surface area (Å²) in [6.07, 6.45) is 1.07. The van der Waals surface area contributed by atoms with Crippen LogP contribution in [0.5, 0.6) is 0 Å². The molecule has 1 atom stereocenters. The number of rotatable bonds is 2. The van der Waals surface area contributed by atoms with E-state index in [4.69, 9.17) is 0 Å². The fourth-order valence-corrected chi connectivity index (χ4v) is 1.28. The Hall–Kier alpha value is -0.280. The predicted molar refractivity (Wildman–Crippen MR) is 37.0 cm³/mol. The molecule has 0 bridgehead atoms. The van der Waals surface area contributed by atoms with E-state index in [2.05, 4.69) is 4.98 Å². The van der Waals surface area contributed by atoms with Crippen molar-refractivity contribution in [1.82, 2.24) is 9.55 Å². The van der Waals surface area contributed by atoms with Crippen molar-refractivity contribution < 1.29 is 43.2 Å². The Kier molecular flexibility index (Phi) is 4.71. The van der Waals surface area contributed by atoms with Crippen molar-refractivity contribution in [1.29, 1.82) is 0 Å². The summed E-state index contributed by atoms with van der Waals surface area (Å²) in [6.45, 7) is 0. The quantitative estimate of drug-likeness (QED) is 0.220. The Morgan fingerprint density at radius 1 is 1.69 bits per heavy atom. The fraction of sp³-hybridized carbons (Fsp3) is 0.250. The molecular formula is C4H4N3NaO4S. The first kappa shape index (κ1) is 12.7. The maximum atomic E-state index is 10.4. The van der Waals surface area contributed by atoms with Crippen LogP contribution in [0, 0.1) is 10.1 Å². The van der Waals surface area contributed by atoms with Gasteiger partial charge in [-0.3, -0.25) is 4.21 Å². The second-order valence-corrected chi connectivity index (χ2v) is 2.83. The molecule has 13 heavy (non-hydrogen) atoms. The molecule has 0 aliphatic carbocycles. The van der Waals surface area contributed by atoms with E-state index in [0.717, 1.165) is 10.9 Å². The summed E-state index contributed by atoms with van der Waals surface area (Å²) in [7, 11) is 1.37. The Labute approximate surface area is 97.9 Å². The van der Waals surface area contributed by atoms with Gasteiger partial charge in [-0.25, -0.2) is 0 Å². The van der Waals surface area contributed by atoms with Crippen LogP contribution in [0.4, 0.5) is 5.82 Å². The molecule has 9 heteroatoms. The maximum Gasteiger partial charge on any atom is 1.00 e. The minimum atomic E-state index is -2.63. The van der Waals surface area contributed by atoms with Gasteiger partial charge in [0.15, 0.2) is 5.03 Å². The number of aryl methyl sites for hydroxylation is 1. The topological polar surface area (TPSA) is 101 Å². The average Bonchev–Trinajstić information content (AvgIpc) is 2.30. The minimum absolute atomic E-state index is 0. The van der Waals surface area contributed by atoms with Gasteiger partial charge in [0.25, 0.3) is 0 Å². The third-order valence-corrected chi connectivity index (χ3v) is 1.98. The zero-order chi connectivity index (χ0) is 9.30. The van der Waals surface area contributed by atoms with Gasteiger partial charge in [-0.2, -0.15) is 0 Å². The van der Waals surface area contributed by atoms with Gasteiger partial charge in [0, 0.05) is 18.1 Å². The second-order valence-electron chi connectivity index (χ2n) is 1.98. The fourth-order valence-electron chi connectivity index (χ4n) is 0.724. The van der Waals surface area contributed by atoms with E-state index < -0.39 is 26.8 Å². The van der Waals surface area contributed by atoms with Gasteiger partial charge in [-0.15, -0.1) is 0 Å². The van der Waals surface area contributed by atoms with E-state index in [1.54, 1.807) is 0 Å². The standard InChI is InChI=1S/C4H5N3O4S.Na/c1-6-2-5-3(7(8)9)4(6)12(10)11;/h2H,1H3,(H,10,11);/q;+1/p-1. The summed E-state index contributed by atoms with van der Waals surface area (Å²) in [5.41, 5.74) is 0. The van der Waals surface area contributed by atoms with Crippen LogP contribution in [0.1, 0.15) is 0 Å². The van der Waals surface area contributed by atoms with Crippen molar-refractivity contribution in [3.8, 4) is 0 Å². The van der Waals surface area contributed by atoms with Crippen LogP contribution in [-0.4, -0.2) is 23.2 Å². The number of aromatic nitrogens is 2. The van der Waals surface area contributed by atoms with Crippen LogP contribution in [-0.2, 0) is 18.1 Å². The minimum Gasteiger partial charge on any atom is -0.767 e. The average molecular weight is 213 g/mol. The Balaban J connectivity index is 0.00000144. The van der Waals surface area contributed by atoms with Crippen molar-refractivity contribution in [2.45, 2.75) is 5.03 Å². The molecule has 66 valence electrons. The normalized spacial score (nSPS) is 11.8. The van der Waals surface area contributed by atoms with Crippen molar-refractivity contribution in [2.24, 2.45) is 7.05 Å². The van der Waals surface area contributed by atoms with E-state index >= 15 is 0 Å². The maximum absolute atomic E-state index is 10.4. The Morgan fingerprint density at radius 2 is 2.23 bits per heavy atom. The molecule has 0 radical (unpaired) electrons. The first-order valence-electron chi connectivity index (χ1n) is 2.79. The molecule has 0 amide bonds. The van der Waals surface area contributed by atoms with Gasteiger partial charge >= 0.3 is 35.4 Å². The molecule has 1 aromatic heterocycles. The third kappa shape index (κ3) is 2.58. The van der Waals surface area contributed by atoms with Crippen molar-refractivity contribution in [2.75, 3.05) is 0 Å². The van der Waals surface area contributed by atoms with Crippen molar-refractivity contribution >= 4 is 16.9 Å². The molecule has 1 rings (SSSR count). The van der Waals surface area contributed by atoms with Crippen LogP contribution >= 0.6 is 0 Å². The van der Waals surface area contributed by atoms with Gasteiger partial charge in [-0.1, -0.05) is 0 Å². The molecule has 0 saturated carbocycles. The van der Waals surface area contributed by atoms with Crippen molar-refractivity contribution in [3.05, 3.63) is 16.4 Å². The molecule has 0 aromatic carbocycles. The number of nitro groups is 1. The molecule has 7 nitrogen and oxygen atoms in total. The molecule has 0 aliphatic rings. The van der Waals surface area contributed by atoms with E-state index in [0.29, 0.717) is 0 Å². The van der Waals surface area contributed by atoms with Gasteiger partial charge in [0.05, 0.1) is 0 Å². The first-order valence-corrected chi connectivity index (χ1v) is 3.86. The molecular weight excluding hydrogens is 209 g/mol. The molecule has 0 aliphatic heterocycles. The van der Waals surface area contributed by atoms with Crippen LogP contribution < -0.4 is 29.6 Å². The second kappa shape index (κ2) is 4.82. The zero-order valence-corrected chi connectivity index (χ0v) is 9.78. The molecule has 0 N–H and O–H groups in total. The summed E-state index contributed by atoms with van der Waals surface area (Å²) in [5.74, 6) is -0.647. The number of imidazole rings is 1. The van der Waals surface area contributed by atoms with Crippen LogP contribution in [0.3, 0.4) is 0 Å². The van der Waals surface area contributed by atoms with Crippen LogP contribution in [0.25, 0.3) is 0 Å². The number of hydrogen-bond donors (Lipinski definition) is 0. The summed E-state index contributed by atoms with van der Waals surface area (Å²) in [4.78, 5) is 12.7. The summed E-state index contributed by atoms with van der Waals surface area (Å²) < 4.78 is 22.0. The van der Waals surface area contributed by atoms with Gasteiger partial charge in [-0.05, 0) is 9.91 Å². The van der Waals surface area contributed by atoms with Crippen molar-refractivity contribution in [3.63, 3.8) is 0 Å². The zero-order valence-electron chi connectivity index (χ0n) is 6.96. The number of nitrogens with zero attached hydrogens (tertiary/aromatic N) is 3. The Morgan fingerprint density at radius 3 is 2.54 bits per heavy atom. The Bertz CT molecular complexity index is 351. The van der Waals surface area contributed by atoms with Gasteiger partial charge in [0.1, 0.15) is 0 Å². The first-order chi connectivity index (χ1) is 5.54. The largest absolute Gasteiger partial charge is 1.00 e. The predicted octanol–water partition coefficient (Wildman–Crippen LogP) is -3.43. The van der Waals surface area contributed by atoms with E-state index in [1.165, 1.54) is 7.05 Å². The molecule has 0 fully saturated rings. The molecule has 0 spiro atoms. The van der Waals surface area contributed by atoms with Gasteiger partial charge < -0.3 is 19.2 Å². The van der Waals surface area contributed by atoms with Crippen LogP contribution in [0.2, 0.25) is 0 Å². The van der Waals surface area contributed by atoms with Crippen LogP contribution in [0.15, 0.2) is 11.4 Å².